The predicted octanol–water partition coefficient (Wildman–Crippen LogP) is 11.9. The Morgan fingerprint density at radius 1 is 0.566 bits per heavy atom. The van der Waals surface area contributed by atoms with E-state index in [9.17, 15) is 19.0 Å². The number of hydrogen-bond donors (Lipinski definition) is 2. The first-order valence-electron chi connectivity index (χ1n) is 21.1. The van der Waals surface area contributed by atoms with Crippen LogP contribution in [0.2, 0.25) is 0 Å². The molecule has 53 heavy (non-hydrogen) atoms. The molecule has 0 spiro atoms. The van der Waals surface area contributed by atoms with Gasteiger partial charge >= 0.3 is 19.8 Å². The van der Waals surface area contributed by atoms with E-state index in [2.05, 4.69) is 62.5 Å². The highest BCUT2D eigenvalue weighted by atomic mass is 31.2. The Morgan fingerprint density at radius 3 is 1.55 bits per heavy atom. The first-order valence-corrected chi connectivity index (χ1v) is 22.6. The zero-order valence-electron chi connectivity index (χ0n) is 33.7. The first kappa shape index (κ1) is 51.0. The minimum absolute atomic E-state index is 0.0457. The van der Waals surface area contributed by atoms with E-state index in [0.29, 0.717) is 12.8 Å². The van der Waals surface area contributed by atoms with Crippen molar-refractivity contribution < 1.29 is 37.6 Å². The van der Waals surface area contributed by atoms with Crippen molar-refractivity contribution in [2.75, 3.05) is 26.4 Å². The molecule has 0 heterocycles. The number of hydrogen-bond acceptors (Lipinski definition) is 8. The van der Waals surface area contributed by atoms with Gasteiger partial charge in [0.2, 0.25) is 0 Å². The van der Waals surface area contributed by atoms with Gasteiger partial charge in [-0.25, -0.2) is 4.57 Å². The molecule has 0 radical (unpaired) electrons. The van der Waals surface area contributed by atoms with Gasteiger partial charge in [-0.05, 0) is 77.0 Å². The lowest BCUT2D eigenvalue weighted by Crippen LogP contribution is -2.29. The SMILES string of the molecule is CCCCC/C=C/C/C=C/C/C=C/CCCCCCC(=O)O[C@H](COC(=O)CCCC/C=C/CCCCCCCCCCC)COP(=O)(O)OCCN. The van der Waals surface area contributed by atoms with Gasteiger partial charge in [-0.3, -0.25) is 18.6 Å². The summed E-state index contributed by atoms with van der Waals surface area (Å²) >= 11 is 0. The largest absolute Gasteiger partial charge is 0.472 e. The monoisotopic (exact) mass is 768 g/mol. The number of phosphoric acid groups is 1. The number of carbonyl (C=O) groups is 2. The van der Waals surface area contributed by atoms with Crippen LogP contribution in [0.1, 0.15) is 181 Å². The second-order valence-corrected chi connectivity index (χ2v) is 15.3. The van der Waals surface area contributed by atoms with Crippen molar-refractivity contribution in [3.63, 3.8) is 0 Å². The van der Waals surface area contributed by atoms with Crippen LogP contribution in [0.25, 0.3) is 0 Å². The summed E-state index contributed by atoms with van der Waals surface area (Å²) in [6.45, 7) is 3.65. The van der Waals surface area contributed by atoms with Crippen LogP contribution in [-0.2, 0) is 32.7 Å². The summed E-state index contributed by atoms with van der Waals surface area (Å²) in [5, 5.41) is 0. The van der Waals surface area contributed by atoms with E-state index in [4.69, 9.17) is 24.3 Å². The van der Waals surface area contributed by atoms with Crippen molar-refractivity contribution in [1.82, 2.24) is 0 Å². The predicted molar refractivity (Wildman–Crippen MR) is 220 cm³/mol. The highest BCUT2D eigenvalue weighted by Crippen LogP contribution is 2.43. The maximum absolute atomic E-state index is 12.6. The lowest BCUT2D eigenvalue weighted by Gasteiger charge is -2.19. The number of carbonyl (C=O) groups excluding carboxylic acids is 2. The second kappa shape index (κ2) is 39.7. The number of nitrogens with two attached hydrogens (primary N) is 1. The van der Waals surface area contributed by atoms with Gasteiger partial charge in [0.25, 0.3) is 0 Å². The van der Waals surface area contributed by atoms with E-state index in [1.54, 1.807) is 0 Å². The molecule has 308 valence electrons. The number of phosphoric ester groups is 1. The molecule has 0 aliphatic carbocycles. The van der Waals surface area contributed by atoms with Crippen LogP contribution in [-0.4, -0.2) is 49.3 Å². The summed E-state index contributed by atoms with van der Waals surface area (Å²) < 4.78 is 32.7. The van der Waals surface area contributed by atoms with Gasteiger partial charge in [0, 0.05) is 19.4 Å². The maximum atomic E-state index is 12.6. The van der Waals surface area contributed by atoms with Gasteiger partial charge in [-0.1, -0.05) is 140 Å². The van der Waals surface area contributed by atoms with Crippen molar-refractivity contribution in [3.05, 3.63) is 48.6 Å². The summed E-state index contributed by atoms with van der Waals surface area (Å²) in [5.74, 6) is -0.881. The Bertz CT molecular complexity index is 1010. The molecule has 1 unspecified atom stereocenters. The van der Waals surface area contributed by atoms with E-state index in [-0.39, 0.29) is 32.6 Å². The van der Waals surface area contributed by atoms with Gasteiger partial charge in [-0.2, -0.15) is 0 Å². The molecule has 0 saturated heterocycles. The van der Waals surface area contributed by atoms with Gasteiger partial charge < -0.3 is 20.1 Å². The number of ether oxygens (including phenoxy) is 2. The highest BCUT2D eigenvalue weighted by molar-refractivity contribution is 7.47. The summed E-state index contributed by atoms with van der Waals surface area (Å²) in [7, 11) is -4.39. The van der Waals surface area contributed by atoms with Crippen LogP contribution >= 0.6 is 7.82 Å². The number of esters is 2. The van der Waals surface area contributed by atoms with Crippen LogP contribution in [0.3, 0.4) is 0 Å². The molecule has 0 aromatic heterocycles. The molecular formula is C43H78NO8P. The third kappa shape index (κ3) is 39.5. The van der Waals surface area contributed by atoms with Gasteiger partial charge in [-0.15, -0.1) is 0 Å². The molecule has 0 rings (SSSR count). The topological polar surface area (TPSA) is 134 Å². The molecule has 0 aliphatic heterocycles. The molecular weight excluding hydrogens is 689 g/mol. The van der Waals surface area contributed by atoms with Crippen LogP contribution in [0.5, 0.6) is 0 Å². The molecule has 9 nitrogen and oxygen atoms in total. The lowest BCUT2D eigenvalue weighted by molar-refractivity contribution is -0.161. The van der Waals surface area contributed by atoms with Crippen LogP contribution in [0.15, 0.2) is 48.6 Å². The number of rotatable bonds is 39. The molecule has 3 N–H and O–H groups in total. The third-order valence-electron chi connectivity index (χ3n) is 8.69. The smallest absolute Gasteiger partial charge is 0.462 e. The van der Waals surface area contributed by atoms with Crippen molar-refractivity contribution in [1.29, 1.82) is 0 Å². The van der Waals surface area contributed by atoms with E-state index in [1.807, 2.05) is 0 Å². The summed E-state index contributed by atoms with van der Waals surface area (Å²) in [4.78, 5) is 34.8. The van der Waals surface area contributed by atoms with Crippen LogP contribution < -0.4 is 5.73 Å². The van der Waals surface area contributed by atoms with E-state index in [1.165, 1.54) is 83.5 Å². The molecule has 0 bridgehead atoms. The van der Waals surface area contributed by atoms with Gasteiger partial charge in [0.05, 0.1) is 13.2 Å². The van der Waals surface area contributed by atoms with Gasteiger partial charge in [0.15, 0.2) is 6.10 Å². The Labute approximate surface area is 324 Å². The molecule has 0 aromatic rings. The Kier molecular flexibility index (Phi) is 38.1. The fourth-order valence-corrected chi connectivity index (χ4v) is 6.28. The fraction of sp³-hybridized carbons (Fsp3) is 0.767. The molecule has 0 aromatic carbocycles. The minimum atomic E-state index is -4.39. The maximum Gasteiger partial charge on any atom is 0.472 e. The Morgan fingerprint density at radius 2 is 0.981 bits per heavy atom. The fourth-order valence-electron chi connectivity index (χ4n) is 5.52. The molecule has 0 fully saturated rings. The Hall–Kier alpha value is -2.03. The summed E-state index contributed by atoms with van der Waals surface area (Å²) in [6.07, 6.45) is 44.3. The number of allylic oxidation sites excluding steroid dienone is 8. The first-order chi connectivity index (χ1) is 25.8. The summed E-state index contributed by atoms with van der Waals surface area (Å²) in [5.41, 5.74) is 5.34. The quantitative estimate of drug-likeness (QED) is 0.0271. The highest BCUT2D eigenvalue weighted by Gasteiger charge is 2.25. The molecule has 0 amide bonds. The van der Waals surface area contributed by atoms with Crippen molar-refractivity contribution >= 4 is 19.8 Å². The average Bonchev–Trinajstić information content (AvgIpc) is 3.14. The number of unbranched alkanes of at least 4 members (excludes halogenated alkanes) is 18. The van der Waals surface area contributed by atoms with Crippen LogP contribution in [0, 0.1) is 0 Å². The summed E-state index contributed by atoms with van der Waals surface area (Å²) in [6, 6.07) is 0. The lowest BCUT2D eigenvalue weighted by atomic mass is 10.1. The second-order valence-electron chi connectivity index (χ2n) is 13.8. The van der Waals surface area contributed by atoms with E-state index < -0.39 is 32.5 Å². The molecule has 0 saturated carbocycles. The van der Waals surface area contributed by atoms with Crippen molar-refractivity contribution in [2.24, 2.45) is 5.73 Å². The average molecular weight is 768 g/mol. The van der Waals surface area contributed by atoms with Crippen LogP contribution in [0.4, 0.5) is 0 Å². The van der Waals surface area contributed by atoms with Crippen molar-refractivity contribution in [2.45, 2.75) is 187 Å². The minimum Gasteiger partial charge on any atom is -0.462 e. The standard InChI is InChI=1S/C43H78NO8P/c1-3-5-7-9-11-13-15-17-19-20-22-24-26-28-30-32-34-36-43(46)52-41(40-51-53(47,48)50-38-37-44)39-49-42(45)35-33-31-29-27-25-23-21-18-16-14-12-10-8-6-4-2/h11,13,17,19,22,24-25,27,41H,3-10,12,14-16,18,20-21,23,26,28-40,44H2,1-2H3,(H,47,48)/b13-11+,19-17+,24-22+,27-25+/t41-/m1/s1. The third-order valence-corrected chi connectivity index (χ3v) is 9.67. The van der Waals surface area contributed by atoms with E-state index in [0.717, 1.165) is 57.8 Å². The zero-order chi connectivity index (χ0) is 38.9. The zero-order valence-corrected chi connectivity index (χ0v) is 34.6. The molecule has 0 aliphatic rings. The normalized spacial score (nSPS) is 13.8. The van der Waals surface area contributed by atoms with Gasteiger partial charge in [0.1, 0.15) is 6.61 Å². The molecule has 10 heteroatoms. The Balaban J connectivity index is 4.25. The van der Waals surface area contributed by atoms with Crippen molar-refractivity contribution in [3.8, 4) is 0 Å². The van der Waals surface area contributed by atoms with E-state index >= 15 is 0 Å². The molecule has 2 atom stereocenters.